The fourth-order valence-corrected chi connectivity index (χ4v) is 2.00. The lowest BCUT2D eigenvalue weighted by atomic mass is 10.2. The van der Waals surface area contributed by atoms with Crippen molar-refractivity contribution in [3.05, 3.63) is 41.6 Å². The van der Waals surface area contributed by atoms with E-state index in [0.29, 0.717) is 42.8 Å². The summed E-state index contributed by atoms with van der Waals surface area (Å²) in [6, 6.07) is 11.4. The van der Waals surface area contributed by atoms with E-state index in [-0.39, 0.29) is 0 Å². The van der Waals surface area contributed by atoms with Gasteiger partial charge < -0.3 is 15.2 Å². The van der Waals surface area contributed by atoms with Gasteiger partial charge in [-0.2, -0.15) is 5.26 Å². The summed E-state index contributed by atoms with van der Waals surface area (Å²) in [4.78, 5) is 0. The Kier molecular flexibility index (Phi) is 4.85. The van der Waals surface area contributed by atoms with Crippen molar-refractivity contribution in [3.63, 3.8) is 0 Å². The quantitative estimate of drug-likeness (QED) is 0.828. The van der Waals surface area contributed by atoms with Crippen LogP contribution in [0.15, 0.2) is 30.3 Å². The van der Waals surface area contributed by atoms with E-state index < -0.39 is 0 Å². The lowest BCUT2D eigenvalue weighted by Crippen LogP contribution is -2.09. The lowest BCUT2D eigenvalue weighted by molar-refractivity contribution is 0.137. The van der Waals surface area contributed by atoms with Crippen molar-refractivity contribution < 1.29 is 9.47 Å². The van der Waals surface area contributed by atoms with E-state index in [0.717, 1.165) is 5.56 Å². The molecular formula is C16H19N3O2. The number of nitrogens with two attached hydrogens (primary N) is 1. The molecule has 2 N–H and O–H groups in total. The number of hydrogen-bond donors (Lipinski definition) is 1. The van der Waals surface area contributed by atoms with E-state index in [1.807, 2.05) is 38.1 Å². The molecule has 0 aliphatic heterocycles. The van der Waals surface area contributed by atoms with Crippen molar-refractivity contribution in [2.75, 3.05) is 18.9 Å². The Morgan fingerprint density at radius 3 is 2.62 bits per heavy atom. The highest BCUT2D eigenvalue weighted by molar-refractivity contribution is 5.56. The molecule has 0 aliphatic carbocycles. The van der Waals surface area contributed by atoms with Gasteiger partial charge in [-0.1, -0.05) is 17.7 Å². The van der Waals surface area contributed by atoms with E-state index in [2.05, 4.69) is 6.07 Å². The fourth-order valence-electron chi connectivity index (χ4n) is 2.00. The van der Waals surface area contributed by atoms with Crippen LogP contribution >= 0.6 is 0 Å². The van der Waals surface area contributed by atoms with E-state index in [1.165, 1.54) is 0 Å². The van der Waals surface area contributed by atoms with Gasteiger partial charge in [0.25, 0.3) is 0 Å². The second kappa shape index (κ2) is 6.82. The summed E-state index contributed by atoms with van der Waals surface area (Å²) in [6.45, 7) is 5.60. The average molecular weight is 285 g/mol. The Morgan fingerprint density at radius 2 is 2.00 bits per heavy atom. The molecule has 0 radical (unpaired) electrons. The molecule has 21 heavy (non-hydrogen) atoms. The molecule has 5 heteroatoms. The first-order valence-electron chi connectivity index (χ1n) is 6.87. The maximum Gasteiger partial charge on any atom is 0.224 e. The minimum atomic E-state index is 0.448. The van der Waals surface area contributed by atoms with Crippen molar-refractivity contribution in [3.8, 4) is 17.7 Å². The van der Waals surface area contributed by atoms with Gasteiger partial charge in [0.15, 0.2) is 0 Å². The highest BCUT2D eigenvalue weighted by atomic mass is 16.5. The average Bonchev–Trinajstić information content (AvgIpc) is 2.78. The summed E-state index contributed by atoms with van der Waals surface area (Å²) in [5.41, 5.74) is 8.03. The van der Waals surface area contributed by atoms with Gasteiger partial charge in [0.05, 0.1) is 18.8 Å². The summed E-state index contributed by atoms with van der Waals surface area (Å²) >= 11 is 0. The first kappa shape index (κ1) is 14.9. The Labute approximate surface area is 124 Å². The molecular weight excluding hydrogens is 266 g/mol. The molecule has 1 heterocycles. The van der Waals surface area contributed by atoms with Crippen LogP contribution in [0.25, 0.3) is 0 Å². The van der Waals surface area contributed by atoms with Crippen LogP contribution in [0.5, 0.6) is 11.6 Å². The number of ether oxygens (including phenoxy) is 2. The van der Waals surface area contributed by atoms with E-state index in [4.69, 9.17) is 15.2 Å². The van der Waals surface area contributed by atoms with Crippen LogP contribution < -0.4 is 10.5 Å². The van der Waals surface area contributed by atoms with Crippen LogP contribution in [0, 0.1) is 18.3 Å². The van der Waals surface area contributed by atoms with Crippen molar-refractivity contribution in [2.24, 2.45) is 0 Å². The minimum absolute atomic E-state index is 0.448. The van der Waals surface area contributed by atoms with E-state index in [9.17, 15) is 5.26 Å². The van der Waals surface area contributed by atoms with Crippen molar-refractivity contribution in [2.45, 2.75) is 20.4 Å². The minimum Gasteiger partial charge on any atom is -0.439 e. The molecule has 2 aromatic rings. The molecule has 1 aromatic heterocycles. The number of hydrogen-bond acceptors (Lipinski definition) is 4. The number of nitrogens with zero attached hydrogens (tertiary/aromatic N) is 2. The molecule has 0 aliphatic rings. The van der Waals surface area contributed by atoms with Gasteiger partial charge in [0, 0.05) is 12.7 Å². The fraction of sp³-hybridized carbons (Fsp3) is 0.312. The second-order valence-corrected chi connectivity index (χ2v) is 4.67. The molecule has 5 nitrogen and oxygen atoms in total. The number of nitriles is 1. The number of rotatable bonds is 6. The molecule has 0 unspecified atom stereocenters. The molecule has 110 valence electrons. The molecule has 0 fully saturated rings. The molecule has 2 rings (SSSR count). The summed E-state index contributed by atoms with van der Waals surface area (Å²) in [5.74, 6) is 1.17. The molecule has 0 bridgehead atoms. The SMILES string of the molecule is CCOCCn1c(C#N)cc(N)c1Oc1ccc(C)cc1. The van der Waals surface area contributed by atoms with Crippen molar-refractivity contribution >= 4 is 5.69 Å². The zero-order valence-electron chi connectivity index (χ0n) is 12.3. The topological polar surface area (TPSA) is 73.2 Å². The summed E-state index contributed by atoms with van der Waals surface area (Å²) in [6.07, 6.45) is 0. The largest absolute Gasteiger partial charge is 0.439 e. The third-order valence-corrected chi connectivity index (χ3v) is 3.09. The van der Waals surface area contributed by atoms with Crippen LogP contribution in [-0.2, 0) is 11.3 Å². The van der Waals surface area contributed by atoms with Crippen LogP contribution in [0.2, 0.25) is 0 Å². The van der Waals surface area contributed by atoms with Crippen LogP contribution in [-0.4, -0.2) is 17.8 Å². The molecule has 1 aromatic carbocycles. The first-order chi connectivity index (χ1) is 10.2. The highest BCUT2D eigenvalue weighted by Crippen LogP contribution is 2.31. The lowest BCUT2D eigenvalue weighted by Gasteiger charge is -2.12. The summed E-state index contributed by atoms with van der Waals surface area (Å²) in [7, 11) is 0. The van der Waals surface area contributed by atoms with Gasteiger partial charge in [0.2, 0.25) is 5.88 Å². The van der Waals surface area contributed by atoms with Gasteiger partial charge in [-0.05, 0) is 26.0 Å². The van der Waals surface area contributed by atoms with Gasteiger partial charge >= 0.3 is 0 Å². The Bertz CT molecular complexity index is 639. The first-order valence-corrected chi connectivity index (χ1v) is 6.87. The summed E-state index contributed by atoms with van der Waals surface area (Å²) in [5, 5.41) is 9.19. The standard InChI is InChI=1S/C16H19N3O2/c1-3-20-9-8-19-13(11-17)10-15(18)16(19)21-14-6-4-12(2)5-7-14/h4-7,10H,3,8-9,18H2,1-2H3. The van der Waals surface area contributed by atoms with Crippen molar-refractivity contribution in [1.29, 1.82) is 5.26 Å². The number of benzene rings is 1. The zero-order chi connectivity index (χ0) is 15.2. The zero-order valence-corrected chi connectivity index (χ0v) is 12.3. The maximum atomic E-state index is 9.19. The van der Waals surface area contributed by atoms with Gasteiger partial charge in [-0.3, -0.25) is 4.57 Å². The van der Waals surface area contributed by atoms with Crippen LogP contribution in [0.4, 0.5) is 5.69 Å². The highest BCUT2D eigenvalue weighted by Gasteiger charge is 2.15. The number of aryl methyl sites for hydroxylation is 1. The van der Waals surface area contributed by atoms with Gasteiger partial charge in [0.1, 0.15) is 17.5 Å². The Hall–Kier alpha value is -2.45. The number of anilines is 1. The van der Waals surface area contributed by atoms with Gasteiger partial charge in [-0.25, -0.2) is 0 Å². The smallest absolute Gasteiger partial charge is 0.224 e. The normalized spacial score (nSPS) is 10.3. The number of nitrogen functional groups attached to an aromatic ring is 1. The molecule has 0 saturated heterocycles. The molecule has 0 spiro atoms. The second-order valence-electron chi connectivity index (χ2n) is 4.67. The van der Waals surface area contributed by atoms with Crippen molar-refractivity contribution in [1.82, 2.24) is 4.57 Å². The summed E-state index contributed by atoms with van der Waals surface area (Å²) < 4.78 is 12.9. The third-order valence-electron chi connectivity index (χ3n) is 3.09. The number of aromatic nitrogens is 1. The van der Waals surface area contributed by atoms with E-state index >= 15 is 0 Å². The molecule has 0 amide bonds. The maximum absolute atomic E-state index is 9.19. The predicted octanol–water partition coefficient (Wildman–Crippen LogP) is 3.08. The molecule has 0 saturated carbocycles. The third kappa shape index (κ3) is 3.56. The van der Waals surface area contributed by atoms with Crippen LogP contribution in [0.1, 0.15) is 18.2 Å². The van der Waals surface area contributed by atoms with Gasteiger partial charge in [-0.15, -0.1) is 0 Å². The van der Waals surface area contributed by atoms with E-state index in [1.54, 1.807) is 10.6 Å². The van der Waals surface area contributed by atoms with Crippen LogP contribution in [0.3, 0.4) is 0 Å². The Morgan fingerprint density at radius 1 is 1.29 bits per heavy atom. The Balaban J connectivity index is 2.26. The molecule has 0 atom stereocenters. The predicted molar refractivity (Wildman–Crippen MR) is 81.3 cm³/mol. The monoisotopic (exact) mass is 285 g/mol.